The number of anilines is 1. The molecule has 3 heteroatoms. The second kappa shape index (κ2) is 3.54. The number of nitrogens with one attached hydrogen (secondary N) is 1. The zero-order valence-corrected chi connectivity index (χ0v) is 9.06. The Kier molecular flexibility index (Phi) is 2.76. The number of aliphatic hydroxyl groups is 1. The number of benzene rings is 1. The highest BCUT2D eigenvalue weighted by Gasteiger charge is 2.23. The largest absolute Gasteiger partial charge is 0.507 e. The van der Waals surface area contributed by atoms with Crippen LogP contribution in [0.2, 0.25) is 0 Å². The van der Waals surface area contributed by atoms with E-state index in [2.05, 4.69) is 5.32 Å². The van der Waals surface area contributed by atoms with Crippen molar-refractivity contribution in [3.8, 4) is 0 Å². The summed E-state index contributed by atoms with van der Waals surface area (Å²) in [7, 11) is 0. The summed E-state index contributed by atoms with van der Waals surface area (Å²) in [5, 5.41) is 13.0. The molecule has 2 N–H and O–H groups in total. The zero-order chi connectivity index (χ0) is 9.47. The third kappa shape index (κ3) is 1.85. The Morgan fingerprint density at radius 2 is 1.86 bits per heavy atom. The van der Waals surface area contributed by atoms with E-state index in [1.54, 1.807) is 0 Å². The lowest BCUT2D eigenvalue weighted by atomic mass is 9.95. The first-order chi connectivity index (χ1) is 6.08. The van der Waals surface area contributed by atoms with Crippen LogP contribution in [0.5, 0.6) is 0 Å². The summed E-state index contributed by atoms with van der Waals surface area (Å²) in [6, 6.07) is 7.76. The molecule has 1 aromatic carbocycles. The number of hydrogen-bond acceptors (Lipinski definition) is 2. The molecule has 76 valence electrons. The normalized spacial score (nSPS) is 17.1. The molecule has 0 bridgehead atoms. The molecule has 2 rings (SSSR count). The highest BCUT2D eigenvalue weighted by molar-refractivity contribution is 5.85. The van der Waals surface area contributed by atoms with E-state index in [-0.39, 0.29) is 17.9 Å². The first kappa shape index (κ1) is 10.9. The maximum absolute atomic E-state index is 9.72. The number of hydrogen-bond donors (Lipinski definition) is 2. The van der Waals surface area contributed by atoms with E-state index < -0.39 is 0 Å². The van der Waals surface area contributed by atoms with Crippen molar-refractivity contribution < 1.29 is 5.11 Å². The predicted octanol–water partition coefficient (Wildman–Crippen LogP) is 3.21. The van der Waals surface area contributed by atoms with Crippen LogP contribution in [0.25, 0.3) is 5.76 Å². The summed E-state index contributed by atoms with van der Waals surface area (Å²) >= 11 is 0. The van der Waals surface area contributed by atoms with E-state index >= 15 is 0 Å². The molecule has 14 heavy (non-hydrogen) atoms. The molecule has 0 fully saturated rings. The van der Waals surface area contributed by atoms with Crippen LogP contribution in [0.4, 0.5) is 5.69 Å². The number of aliphatic hydroxyl groups excluding tert-OH is 1. The molecule has 0 atom stereocenters. The van der Waals surface area contributed by atoms with Gasteiger partial charge in [-0.3, -0.25) is 0 Å². The topological polar surface area (TPSA) is 32.3 Å². The van der Waals surface area contributed by atoms with E-state index in [0.29, 0.717) is 5.76 Å². The fourth-order valence-corrected chi connectivity index (χ4v) is 1.62. The Labute approximate surface area is 90.1 Å². The number of rotatable bonds is 0. The highest BCUT2D eigenvalue weighted by Crippen LogP contribution is 2.31. The smallest absolute Gasteiger partial charge is 0.123 e. The molecule has 0 saturated carbocycles. The van der Waals surface area contributed by atoms with Gasteiger partial charge in [-0.05, 0) is 32.1 Å². The summed E-state index contributed by atoms with van der Waals surface area (Å²) in [6.45, 7) is 4.05. The van der Waals surface area contributed by atoms with Gasteiger partial charge in [0.25, 0.3) is 0 Å². The Hall–Kier alpha value is -1.15. The summed E-state index contributed by atoms with van der Waals surface area (Å²) in [5.74, 6) is 0.361. The molecule has 0 radical (unpaired) electrons. The summed E-state index contributed by atoms with van der Waals surface area (Å²) in [5.41, 5.74) is 1.70. The van der Waals surface area contributed by atoms with Gasteiger partial charge >= 0.3 is 0 Å². The fourth-order valence-electron chi connectivity index (χ4n) is 1.62. The van der Waals surface area contributed by atoms with Crippen LogP contribution in [0.15, 0.2) is 30.3 Å². The lowest BCUT2D eigenvalue weighted by Gasteiger charge is -2.30. The van der Waals surface area contributed by atoms with Crippen molar-refractivity contribution in [1.82, 2.24) is 0 Å². The minimum absolute atomic E-state index is 0. The third-order valence-electron chi connectivity index (χ3n) is 2.16. The standard InChI is InChI=1S/C11H13NO.ClH/c1-11(2)7-10(13)8-5-3-4-6-9(8)12-11;/h3-7,12-13H,1-2H3;1H. The molecular weight excluding hydrogens is 198 g/mol. The molecule has 1 aromatic rings. The molecule has 0 saturated heterocycles. The monoisotopic (exact) mass is 211 g/mol. The second-order valence-corrected chi connectivity index (χ2v) is 3.92. The van der Waals surface area contributed by atoms with Crippen molar-refractivity contribution in [1.29, 1.82) is 0 Å². The van der Waals surface area contributed by atoms with Gasteiger partial charge in [0.15, 0.2) is 0 Å². The number of halogens is 1. The highest BCUT2D eigenvalue weighted by atomic mass is 35.5. The van der Waals surface area contributed by atoms with Crippen molar-refractivity contribution in [3.05, 3.63) is 35.9 Å². The average molecular weight is 212 g/mol. The van der Waals surface area contributed by atoms with E-state index in [1.165, 1.54) is 0 Å². The molecule has 0 aromatic heterocycles. The molecule has 1 heterocycles. The molecule has 0 unspecified atom stereocenters. The van der Waals surface area contributed by atoms with Crippen LogP contribution in [0.1, 0.15) is 19.4 Å². The molecule has 0 amide bonds. The van der Waals surface area contributed by atoms with Crippen LogP contribution >= 0.6 is 12.4 Å². The minimum atomic E-state index is -0.168. The van der Waals surface area contributed by atoms with Crippen LogP contribution in [-0.4, -0.2) is 10.6 Å². The van der Waals surface area contributed by atoms with Gasteiger partial charge in [0.1, 0.15) is 5.76 Å². The number of para-hydroxylation sites is 1. The summed E-state index contributed by atoms with van der Waals surface area (Å²) < 4.78 is 0. The quantitative estimate of drug-likeness (QED) is 0.691. The van der Waals surface area contributed by atoms with Gasteiger partial charge in [-0.2, -0.15) is 0 Å². The third-order valence-corrected chi connectivity index (χ3v) is 2.16. The lowest BCUT2D eigenvalue weighted by Crippen LogP contribution is -2.31. The van der Waals surface area contributed by atoms with Crippen molar-refractivity contribution in [3.63, 3.8) is 0 Å². The molecule has 0 spiro atoms. The van der Waals surface area contributed by atoms with Gasteiger partial charge in [-0.1, -0.05) is 12.1 Å². The molecule has 1 aliphatic heterocycles. The van der Waals surface area contributed by atoms with Crippen LogP contribution in [0.3, 0.4) is 0 Å². The van der Waals surface area contributed by atoms with Crippen molar-refractivity contribution in [2.24, 2.45) is 0 Å². The van der Waals surface area contributed by atoms with Crippen molar-refractivity contribution in [2.75, 3.05) is 5.32 Å². The molecular formula is C11H14ClNO. The van der Waals surface area contributed by atoms with Gasteiger partial charge in [0, 0.05) is 11.3 Å². The Balaban J connectivity index is 0.000000980. The maximum Gasteiger partial charge on any atom is 0.123 e. The van der Waals surface area contributed by atoms with Crippen LogP contribution < -0.4 is 5.32 Å². The summed E-state index contributed by atoms with van der Waals surface area (Å²) in [4.78, 5) is 0. The van der Waals surface area contributed by atoms with Crippen LogP contribution in [-0.2, 0) is 0 Å². The van der Waals surface area contributed by atoms with E-state index in [0.717, 1.165) is 11.3 Å². The SMILES string of the molecule is CC1(C)C=C(O)c2ccccc2N1.Cl. The molecule has 0 aliphatic carbocycles. The Morgan fingerprint density at radius 1 is 1.21 bits per heavy atom. The minimum Gasteiger partial charge on any atom is -0.507 e. The van der Waals surface area contributed by atoms with Gasteiger partial charge in [-0.15, -0.1) is 12.4 Å². The lowest BCUT2D eigenvalue weighted by molar-refractivity contribution is 0.499. The van der Waals surface area contributed by atoms with Gasteiger partial charge in [0.2, 0.25) is 0 Å². The van der Waals surface area contributed by atoms with E-state index in [1.807, 2.05) is 44.2 Å². The van der Waals surface area contributed by atoms with Gasteiger partial charge < -0.3 is 10.4 Å². The Bertz CT molecular complexity index is 371. The van der Waals surface area contributed by atoms with Gasteiger partial charge in [-0.25, -0.2) is 0 Å². The van der Waals surface area contributed by atoms with Gasteiger partial charge in [0.05, 0.1) is 5.54 Å². The Morgan fingerprint density at radius 3 is 2.57 bits per heavy atom. The molecule has 1 aliphatic rings. The van der Waals surface area contributed by atoms with E-state index in [4.69, 9.17) is 0 Å². The first-order valence-corrected chi connectivity index (χ1v) is 4.38. The zero-order valence-electron chi connectivity index (χ0n) is 8.24. The van der Waals surface area contributed by atoms with Crippen LogP contribution in [0, 0.1) is 0 Å². The summed E-state index contributed by atoms with van der Waals surface area (Å²) in [6.07, 6.45) is 1.83. The predicted molar refractivity (Wildman–Crippen MR) is 62.0 cm³/mol. The van der Waals surface area contributed by atoms with Crippen molar-refractivity contribution in [2.45, 2.75) is 19.4 Å². The average Bonchev–Trinajstić information content (AvgIpc) is 2.02. The van der Waals surface area contributed by atoms with E-state index in [9.17, 15) is 5.11 Å². The first-order valence-electron chi connectivity index (χ1n) is 4.38. The number of fused-ring (bicyclic) bond motifs is 1. The maximum atomic E-state index is 9.72. The fraction of sp³-hybridized carbons (Fsp3) is 0.273. The van der Waals surface area contributed by atoms with Crippen molar-refractivity contribution >= 4 is 23.9 Å². The molecule has 2 nitrogen and oxygen atoms in total. The second-order valence-electron chi connectivity index (χ2n) is 3.92.